The third-order valence-corrected chi connectivity index (χ3v) is 2.89. The van der Waals surface area contributed by atoms with E-state index in [1.807, 2.05) is 25.1 Å². The first kappa shape index (κ1) is 13.3. The molecule has 2 aromatic rings. The zero-order valence-electron chi connectivity index (χ0n) is 11.3. The predicted octanol–water partition coefficient (Wildman–Crippen LogP) is 3.52. The summed E-state index contributed by atoms with van der Waals surface area (Å²) >= 11 is 0. The summed E-state index contributed by atoms with van der Waals surface area (Å²) in [5, 5.41) is 15.1. The van der Waals surface area contributed by atoms with Crippen LogP contribution in [-0.2, 0) is 0 Å². The van der Waals surface area contributed by atoms with Crippen LogP contribution >= 0.6 is 0 Å². The number of aromatic nitrogens is 1. The summed E-state index contributed by atoms with van der Waals surface area (Å²) in [5.41, 5.74) is 2.41. The fourth-order valence-corrected chi connectivity index (χ4v) is 1.93. The highest BCUT2D eigenvalue weighted by Crippen LogP contribution is 2.32. The molecular formula is C14H17N3O2. The Morgan fingerprint density at radius 3 is 2.79 bits per heavy atom. The highest BCUT2D eigenvalue weighted by Gasteiger charge is 2.18. The Morgan fingerprint density at radius 2 is 2.16 bits per heavy atom. The Morgan fingerprint density at radius 1 is 1.42 bits per heavy atom. The lowest BCUT2D eigenvalue weighted by Crippen LogP contribution is -2.10. The Kier molecular flexibility index (Phi) is 3.64. The molecular weight excluding hydrogens is 242 g/mol. The monoisotopic (exact) mass is 259 g/mol. The van der Waals surface area contributed by atoms with Gasteiger partial charge in [0.15, 0.2) is 0 Å². The van der Waals surface area contributed by atoms with E-state index in [-0.39, 0.29) is 5.69 Å². The molecule has 100 valence electrons. The van der Waals surface area contributed by atoms with Crippen LogP contribution in [0.4, 0.5) is 11.4 Å². The van der Waals surface area contributed by atoms with Gasteiger partial charge in [-0.15, -0.1) is 0 Å². The van der Waals surface area contributed by atoms with Crippen LogP contribution in [0.1, 0.15) is 19.4 Å². The van der Waals surface area contributed by atoms with Crippen molar-refractivity contribution in [2.45, 2.75) is 20.8 Å². The summed E-state index contributed by atoms with van der Waals surface area (Å²) in [6, 6.07) is 5.76. The van der Waals surface area contributed by atoms with Gasteiger partial charge in [-0.1, -0.05) is 25.5 Å². The molecule has 0 bridgehead atoms. The number of anilines is 1. The summed E-state index contributed by atoms with van der Waals surface area (Å²) < 4.78 is 0. The molecule has 19 heavy (non-hydrogen) atoms. The van der Waals surface area contributed by atoms with Crippen molar-refractivity contribution >= 4 is 22.3 Å². The van der Waals surface area contributed by atoms with Gasteiger partial charge in [-0.3, -0.25) is 10.1 Å². The molecule has 0 unspecified atom stereocenters. The van der Waals surface area contributed by atoms with Crippen LogP contribution in [-0.4, -0.2) is 16.5 Å². The molecule has 0 aliphatic heterocycles. The minimum absolute atomic E-state index is 0.0266. The van der Waals surface area contributed by atoms with Crippen LogP contribution in [0.3, 0.4) is 0 Å². The van der Waals surface area contributed by atoms with Gasteiger partial charge < -0.3 is 5.32 Å². The third kappa shape index (κ3) is 2.81. The van der Waals surface area contributed by atoms with E-state index in [1.54, 1.807) is 0 Å². The van der Waals surface area contributed by atoms with Gasteiger partial charge in [-0.2, -0.15) is 0 Å². The van der Waals surface area contributed by atoms with Crippen molar-refractivity contribution in [1.29, 1.82) is 0 Å². The maximum Gasteiger partial charge on any atom is 0.311 e. The number of hydrogen-bond acceptors (Lipinski definition) is 4. The maximum atomic E-state index is 11.1. The minimum atomic E-state index is -0.391. The number of rotatable bonds is 4. The standard InChI is InChI=1S/C14H17N3O2/c1-9(2)7-16-14-11-6-10(3)4-5-12(11)15-8-13(14)17(18)19/h4-6,8-9H,7H2,1-3H3,(H,15,16). The Hall–Kier alpha value is -2.17. The summed E-state index contributed by atoms with van der Waals surface area (Å²) in [7, 11) is 0. The topological polar surface area (TPSA) is 68.1 Å². The molecule has 1 heterocycles. The van der Waals surface area contributed by atoms with Crippen molar-refractivity contribution in [1.82, 2.24) is 4.98 Å². The first-order valence-corrected chi connectivity index (χ1v) is 6.26. The quantitative estimate of drug-likeness (QED) is 0.673. The molecule has 0 saturated carbocycles. The van der Waals surface area contributed by atoms with Crippen molar-refractivity contribution in [2.75, 3.05) is 11.9 Å². The number of benzene rings is 1. The van der Waals surface area contributed by atoms with E-state index in [9.17, 15) is 10.1 Å². The van der Waals surface area contributed by atoms with Crippen molar-refractivity contribution in [3.63, 3.8) is 0 Å². The second-order valence-corrected chi connectivity index (χ2v) is 5.07. The average molecular weight is 259 g/mol. The van der Waals surface area contributed by atoms with Gasteiger partial charge in [0.05, 0.1) is 10.4 Å². The highest BCUT2D eigenvalue weighted by molar-refractivity contribution is 5.96. The van der Waals surface area contributed by atoms with Crippen LogP contribution in [0.15, 0.2) is 24.4 Å². The first-order valence-electron chi connectivity index (χ1n) is 6.26. The normalized spacial score (nSPS) is 10.9. The molecule has 1 N–H and O–H groups in total. The van der Waals surface area contributed by atoms with Crippen molar-refractivity contribution in [2.24, 2.45) is 5.92 Å². The molecule has 0 amide bonds. The van der Waals surface area contributed by atoms with Gasteiger partial charge in [-0.05, 0) is 25.0 Å². The van der Waals surface area contributed by atoms with Crippen LogP contribution in [0.2, 0.25) is 0 Å². The molecule has 2 rings (SSSR count). The van der Waals surface area contributed by atoms with E-state index in [4.69, 9.17) is 0 Å². The lowest BCUT2D eigenvalue weighted by molar-refractivity contribution is -0.384. The molecule has 0 fully saturated rings. The zero-order chi connectivity index (χ0) is 14.0. The lowest BCUT2D eigenvalue weighted by atomic mass is 10.1. The van der Waals surface area contributed by atoms with Gasteiger partial charge in [-0.25, -0.2) is 4.98 Å². The predicted molar refractivity (Wildman–Crippen MR) is 76.5 cm³/mol. The van der Waals surface area contributed by atoms with Crippen molar-refractivity contribution in [3.05, 3.63) is 40.1 Å². The molecule has 5 nitrogen and oxygen atoms in total. The molecule has 0 radical (unpaired) electrons. The summed E-state index contributed by atoms with van der Waals surface area (Å²) in [6.07, 6.45) is 1.32. The second kappa shape index (κ2) is 5.22. The average Bonchev–Trinajstić information content (AvgIpc) is 2.35. The van der Waals surface area contributed by atoms with Gasteiger partial charge >= 0.3 is 5.69 Å². The lowest BCUT2D eigenvalue weighted by Gasteiger charge is -2.12. The molecule has 0 spiro atoms. The number of aryl methyl sites for hydroxylation is 1. The van der Waals surface area contributed by atoms with Crippen molar-refractivity contribution < 1.29 is 4.92 Å². The summed E-state index contributed by atoms with van der Waals surface area (Å²) in [4.78, 5) is 14.9. The first-order chi connectivity index (χ1) is 8.99. The van der Waals surface area contributed by atoms with Crippen LogP contribution in [0, 0.1) is 23.0 Å². The van der Waals surface area contributed by atoms with E-state index < -0.39 is 4.92 Å². The maximum absolute atomic E-state index is 11.1. The Balaban J connectivity index is 2.61. The number of pyridine rings is 1. The zero-order valence-corrected chi connectivity index (χ0v) is 11.3. The van der Waals surface area contributed by atoms with Crippen LogP contribution < -0.4 is 5.32 Å². The van der Waals surface area contributed by atoms with E-state index >= 15 is 0 Å². The van der Waals surface area contributed by atoms with Gasteiger partial charge in [0.2, 0.25) is 0 Å². The SMILES string of the molecule is Cc1ccc2ncc([N+](=O)[O-])c(NCC(C)C)c2c1. The van der Waals surface area contributed by atoms with E-state index in [0.29, 0.717) is 18.2 Å². The molecule has 0 atom stereocenters. The molecule has 1 aromatic carbocycles. The fourth-order valence-electron chi connectivity index (χ4n) is 1.93. The number of nitro groups is 1. The van der Waals surface area contributed by atoms with Crippen molar-refractivity contribution in [3.8, 4) is 0 Å². The molecule has 1 aromatic heterocycles. The van der Waals surface area contributed by atoms with Gasteiger partial charge in [0, 0.05) is 11.9 Å². The van der Waals surface area contributed by atoms with Gasteiger partial charge in [0.25, 0.3) is 0 Å². The van der Waals surface area contributed by atoms with E-state index in [2.05, 4.69) is 24.1 Å². The van der Waals surface area contributed by atoms with E-state index in [0.717, 1.165) is 16.5 Å². The summed E-state index contributed by atoms with van der Waals surface area (Å²) in [5.74, 6) is 0.410. The molecule has 0 aliphatic carbocycles. The summed E-state index contributed by atoms with van der Waals surface area (Å²) in [6.45, 7) is 6.78. The Bertz CT molecular complexity index is 623. The Labute approximate surface area is 111 Å². The number of nitrogens with zero attached hydrogens (tertiary/aromatic N) is 2. The number of hydrogen-bond donors (Lipinski definition) is 1. The van der Waals surface area contributed by atoms with Crippen LogP contribution in [0.5, 0.6) is 0 Å². The van der Waals surface area contributed by atoms with Crippen LogP contribution in [0.25, 0.3) is 10.9 Å². The highest BCUT2D eigenvalue weighted by atomic mass is 16.6. The number of nitrogens with one attached hydrogen (secondary N) is 1. The van der Waals surface area contributed by atoms with E-state index in [1.165, 1.54) is 6.20 Å². The van der Waals surface area contributed by atoms with Gasteiger partial charge in [0.1, 0.15) is 11.9 Å². The molecule has 5 heteroatoms. The third-order valence-electron chi connectivity index (χ3n) is 2.89. The number of fused-ring (bicyclic) bond motifs is 1. The minimum Gasteiger partial charge on any atom is -0.379 e. The fraction of sp³-hybridized carbons (Fsp3) is 0.357. The second-order valence-electron chi connectivity index (χ2n) is 5.07. The molecule has 0 saturated heterocycles. The largest absolute Gasteiger partial charge is 0.379 e. The smallest absolute Gasteiger partial charge is 0.311 e. The molecule has 0 aliphatic rings.